The molecular weight excluding hydrogens is 484 g/mol. The molecule has 0 fully saturated rings. The number of nitrogens with zero attached hydrogens (tertiary/aromatic N) is 2. The Kier molecular flexibility index (Phi) is 5.31. The fraction of sp³-hybridized carbons (Fsp3) is 0.0526. The van der Waals surface area contributed by atoms with Crippen LogP contribution >= 0.6 is 0 Å². The van der Waals surface area contributed by atoms with E-state index in [2.05, 4.69) is 155 Å². The summed E-state index contributed by atoms with van der Waals surface area (Å²) in [4.78, 5) is 2.42. The smallest absolute Gasteiger partial charge is 0.0544 e. The third-order valence-corrected chi connectivity index (χ3v) is 8.25. The Balaban J connectivity index is 1.29. The minimum atomic E-state index is 0.954. The predicted octanol–water partition coefficient (Wildman–Crippen LogP) is 10.5. The molecule has 1 aromatic heterocycles. The van der Waals surface area contributed by atoms with Crippen molar-refractivity contribution in [3.8, 4) is 0 Å². The molecular formula is C38H28N2. The third kappa shape index (κ3) is 3.65. The fourth-order valence-electron chi connectivity index (χ4n) is 6.41. The Labute approximate surface area is 233 Å². The summed E-state index contributed by atoms with van der Waals surface area (Å²) < 4.78 is 2.48. The van der Waals surface area contributed by atoms with Gasteiger partial charge in [0.05, 0.1) is 11.0 Å². The van der Waals surface area contributed by atoms with Gasteiger partial charge in [0.1, 0.15) is 0 Å². The topological polar surface area (TPSA) is 8.17 Å². The number of hydrogen-bond donors (Lipinski definition) is 0. The van der Waals surface area contributed by atoms with Gasteiger partial charge in [0.25, 0.3) is 0 Å². The first-order valence-corrected chi connectivity index (χ1v) is 14.0. The van der Waals surface area contributed by atoms with E-state index in [1.165, 1.54) is 66.1 Å². The van der Waals surface area contributed by atoms with Crippen LogP contribution in [0.5, 0.6) is 0 Å². The van der Waals surface area contributed by atoms with E-state index in [0.717, 1.165) is 12.8 Å². The van der Waals surface area contributed by atoms with Crippen LogP contribution in [-0.2, 0) is 0 Å². The quantitative estimate of drug-likeness (QED) is 0.228. The second kappa shape index (κ2) is 9.29. The van der Waals surface area contributed by atoms with E-state index in [1.807, 2.05) is 0 Å². The number of hydrogen-bond acceptors (Lipinski definition) is 1. The zero-order valence-electron chi connectivity index (χ0n) is 22.2. The maximum absolute atomic E-state index is 2.48. The summed E-state index contributed by atoms with van der Waals surface area (Å²) in [5.41, 5.74) is 7.55. The van der Waals surface area contributed by atoms with Gasteiger partial charge < -0.3 is 9.47 Å². The lowest BCUT2D eigenvalue weighted by Gasteiger charge is -2.30. The average molecular weight is 513 g/mol. The highest BCUT2D eigenvalue weighted by Crippen LogP contribution is 2.40. The molecule has 0 saturated heterocycles. The average Bonchev–Trinajstić information content (AvgIpc) is 3.37. The first kappa shape index (κ1) is 22.9. The predicted molar refractivity (Wildman–Crippen MR) is 171 cm³/mol. The van der Waals surface area contributed by atoms with Crippen molar-refractivity contribution in [2.24, 2.45) is 0 Å². The van der Waals surface area contributed by atoms with Gasteiger partial charge in [0.2, 0.25) is 0 Å². The van der Waals surface area contributed by atoms with Crippen LogP contribution < -0.4 is 4.90 Å². The van der Waals surface area contributed by atoms with Gasteiger partial charge in [-0.1, -0.05) is 97.1 Å². The van der Waals surface area contributed by atoms with Gasteiger partial charge in [-0.05, 0) is 82.9 Å². The van der Waals surface area contributed by atoms with Crippen molar-refractivity contribution in [2.45, 2.75) is 12.8 Å². The number of anilines is 2. The lowest BCUT2D eigenvalue weighted by molar-refractivity contribution is 0.895. The number of benzene rings is 6. The molecule has 0 bridgehead atoms. The molecule has 0 radical (unpaired) electrons. The zero-order chi connectivity index (χ0) is 26.5. The van der Waals surface area contributed by atoms with E-state index in [-0.39, 0.29) is 0 Å². The minimum absolute atomic E-state index is 0.954. The molecule has 0 saturated carbocycles. The molecule has 2 nitrogen and oxygen atoms in total. The van der Waals surface area contributed by atoms with Crippen molar-refractivity contribution < 1.29 is 0 Å². The van der Waals surface area contributed by atoms with E-state index >= 15 is 0 Å². The van der Waals surface area contributed by atoms with Crippen LogP contribution in [0.1, 0.15) is 12.8 Å². The molecule has 0 amide bonds. The molecule has 190 valence electrons. The Hall–Kier alpha value is -5.08. The summed E-state index contributed by atoms with van der Waals surface area (Å²) in [6.07, 6.45) is 6.57. The van der Waals surface area contributed by atoms with Gasteiger partial charge in [-0.3, -0.25) is 0 Å². The summed E-state index contributed by atoms with van der Waals surface area (Å²) >= 11 is 0. The number of fused-ring (bicyclic) bond motifs is 6. The molecule has 6 aromatic carbocycles. The normalized spacial score (nSPS) is 13.6. The highest BCUT2D eigenvalue weighted by atomic mass is 15.1. The molecule has 8 rings (SSSR count). The Bertz CT molecular complexity index is 2110. The maximum atomic E-state index is 2.48. The van der Waals surface area contributed by atoms with Crippen molar-refractivity contribution in [3.63, 3.8) is 0 Å². The van der Waals surface area contributed by atoms with Crippen molar-refractivity contribution in [3.05, 3.63) is 151 Å². The Morgan fingerprint density at radius 1 is 0.475 bits per heavy atom. The van der Waals surface area contributed by atoms with Crippen molar-refractivity contribution in [1.82, 2.24) is 4.57 Å². The lowest BCUT2D eigenvalue weighted by Crippen LogP contribution is -2.18. The molecule has 7 aromatic rings. The van der Waals surface area contributed by atoms with Crippen molar-refractivity contribution in [1.29, 1.82) is 0 Å². The van der Waals surface area contributed by atoms with Gasteiger partial charge in [0, 0.05) is 33.5 Å². The van der Waals surface area contributed by atoms with E-state index in [9.17, 15) is 0 Å². The molecule has 1 heterocycles. The summed E-state index contributed by atoms with van der Waals surface area (Å²) in [6.45, 7) is 0. The standard InChI is InChI=1S/C38H28N2/c1-2-13-30(14-3-1)39(33-20-18-27-10-4-5-12-29(27)26-33)31-21-23-32(24-22-31)40-36-17-9-8-16-35(36)38-34-15-7-6-11-28(34)19-25-37(38)40/h1-21,23,25-26H,22,24H2. The van der Waals surface area contributed by atoms with Crippen LogP contribution in [0, 0.1) is 0 Å². The molecule has 0 atom stereocenters. The molecule has 1 aliphatic carbocycles. The maximum Gasteiger partial charge on any atom is 0.0544 e. The monoisotopic (exact) mass is 512 g/mol. The van der Waals surface area contributed by atoms with E-state index in [4.69, 9.17) is 0 Å². The van der Waals surface area contributed by atoms with E-state index < -0.39 is 0 Å². The summed E-state index contributed by atoms with van der Waals surface area (Å²) in [5, 5.41) is 7.77. The lowest BCUT2D eigenvalue weighted by atomic mass is 10.0. The summed E-state index contributed by atoms with van der Waals surface area (Å²) in [6, 6.07) is 48.2. The second-order valence-corrected chi connectivity index (χ2v) is 10.6. The Morgan fingerprint density at radius 2 is 1.18 bits per heavy atom. The van der Waals surface area contributed by atoms with Crippen LogP contribution in [0.3, 0.4) is 0 Å². The number of aromatic nitrogens is 1. The fourth-order valence-corrected chi connectivity index (χ4v) is 6.41. The SMILES string of the molecule is C1=C(N(c2ccccc2)c2ccc3ccccc3c2)CCC(n2c3ccccc3c3c4ccccc4ccc32)=C1. The largest absolute Gasteiger partial charge is 0.314 e. The molecule has 0 spiro atoms. The van der Waals surface area contributed by atoms with Crippen LogP contribution in [0.15, 0.2) is 151 Å². The Morgan fingerprint density at radius 3 is 2.00 bits per heavy atom. The first-order valence-electron chi connectivity index (χ1n) is 14.0. The van der Waals surface area contributed by atoms with Crippen LogP contribution in [0.4, 0.5) is 11.4 Å². The second-order valence-electron chi connectivity index (χ2n) is 10.6. The first-order chi connectivity index (χ1) is 19.8. The number of allylic oxidation sites excluding steroid dienone is 4. The summed E-state index contributed by atoms with van der Waals surface area (Å²) in [5.74, 6) is 0. The number of rotatable bonds is 4. The van der Waals surface area contributed by atoms with Crippen LogP contribution in [0.25, 0.3) is 49.0 Å². The van der Waals surface area contributed by atoms with Crippen molar-refractivity contribution in [2.75, 3.05) is 4.90 Å². The third-order valence-electron chi connectivity index (χ3n) is 8.25. The van der Waals surface area contributed by atoms with Crippen molar-refractivity contribution >= 4 is 60.4 Å². The van der Waals surface area contributed by atoms with Gasteiger partial charge in [-0.15, -0.1) is 0 Å². The van der Waals surface area contributed by atoms with Gasteiger partial charge in [0.15, 0.2) is 0 Å². The molecule has 0 N–H and O–H groups in total. The van der Waals surface area contributed by atoms with Crippen LogP contribution in [-0.4, -0.2) is 4.57 Å². The summed E-state index contributed by atoms with van der Waals surface area (Å²) in [7, 11) is 0. The zero-order valence-corrected chi connectivity index (χ0v) is 22.2. The molecule has 0 aliphatic heterocycles. The van der Waals surface area contributed by atoms with Gasteiger partial charge in [-0.2, -0.15) is 0 Å². The van der Waals surface area contributed by atoms with E-state index in [0.29, 0.717) is 0 Å². The highest BCUT2D eigenvalue weighted by molar-refractivity contribution is 6.21. The highest BCUT2D eigenvalue weighted by Gasteiger charge is 2.21. The van der Waals surface area contributed by atoms with Gasteiger partial charge in [-0.25, -0.2) is 0 Å². The van der Waals surface area contributed by atoms with Crippen LogP contribution in [0.2, 0.25) is 0 Å². The molecule has 2 heteroatoms. The minimum Gasteiger partial charge on any atom is -0.314 e. The van der Waals surface area contributed by atoms with E-state index in [1.54, 1.807) is 0 Å². The van der Waals surface area contributed by atoms with Gasteiger partial charge >= 0.3 is 0 Å². The molecule has 0 unspecified atom stereocenters. The molecule has 1 aliphatic rings. The number of para-hydroxylation sites is 2. The molecule has 40 heavy (non-hydrogen) atoms.